The molecule has 0 aliphatic carbocycles. The molecule has 0 heterocycles. The monoisotopic (exact) mass is 444 g/mol. The van der Waals surface area contributed by atoms with Crippen LogP contribution in [0.4, 0.5) is 0 Å². The average Bonchev–Trinajstić information content (AvgIpc) is 2.47. The number of carbonyl (C=O) groups excluding carboxylic acids is 2. The molecule has 0 rings (SSSR count). The van der Waals surface area contributed by atoms with Crippen LogP contribution < -0.4 is 0 Å². The van der Waals surface area contributed by atoms with Crippen molar-refractivity contribution in [2.45, 2.75) is 89.6 Å². The van der Waals surface area contributed by atoms with Crippen molar-refractivity contribution < 1.29 is 40.1 Å². The maximum absolute atomic E-state index is 11.9. The molecule has 0 aromatic rings. The van der Waals surface area contributed by atoms with Gasteiger partial charge in [0, 0.05) is 19.1 Å². The fourth-order valence-electron chi connectivity index (χ4n) is 1.94. The predicted molar refractivity (Wildman–Crippen MR) is 103 cm³/mol. The standard InChI is InChI=1S/C17H32O9S2/c1-13(27(6,20)21)24-15(18)11-9-7-8-10-12-16(19)25-14(2)28(22,23)26-17(3,4)5/h13-14H,7-12H2,1-6H3. The van der Waals surface area contributed by atoms with Gasteiger partial charge >= 0.3 is 22.1 Å². The van der Waals surface area contributed by atoms with Crippen molar-refractivity contribution in [2.75, 3.05) is 6.26 Å². The number of hydrogen-bond acceptors (Lipinski definition) is 9. The van der Waals surface area contributed by atoms with E-state index in [1.54, 1.807) is 20.8 Å². The fraction of sp³-hybridized carbons (Fsp3) is 0.882. The first-order valence-corrected chi connectivity index (χ1v) is 12.5. The molecule has 0 amide bonds. The smallest absolute Gasteiger partial charge is 0.307 e. The summed E-state index contributed by atoms with van der Waals surface area (Å²) in [6.07, 6.45) is 3.36. The van der Waals surface area contributed by atoms with E-state index in [0.717, 1.165) is 6.26 Å². The lowest BCUT2D eigenvalue weighted by Gasteiger charge is -2.22. The van der Waals surface area contributed by atoms with Crippen LogP contribution in [0.2, 0.25) is 0 Å². The van der Waals surface area contributed by atoms with Crippen LogP contribution in [0.15, 0.2) is 0 Å². The van der Waals surface area contributed by atoms with Crippen molar-refractivity contribution in [3.8, 4) is 0 Å². The van der Waals surface area contributed by atoms with E-state index in [4.69, 9.17) is 13.7 Å². The summed E-state index contributed by atoms with van der Waals surface area (Å²) in [5.74, 6) is -1.23. The van der Waals surface area contributed by atoms with Gasteiger partial charge in [0.05, 0.1) is 5.60 Å². The number of sulfone groups is 1. The van der Waals surface area contributed by atoms with Crippen LogP contribution in [-0.4, -0.2) is 51.5 Å². The van der Waals surface area contributed by atoms with Crippen LogP contribution >= 0.6 is 0 Å². The summed E-state index contributed by atoms with van der Waals surface area (Å²) >= 11 is 0. The van der Waals surface area contributed by atoms with E-state index < -0.39 is 48.4 Å². The van der Waals surface area contributed by atoms with Crippen molar-refractivity contribution in [1.29, 1.82) is 0 Å². The summed E-state index contributed by atoms with van der Waals surface area (Å²) in [5, 5.41) is 0. The van der Waals surface area contributed by atoms with Gasteiger partial charge in [0.25, 0.3) is 0 Å². The summed E-state index contributed by atoms with van der Waals surface area (Å²) in [6.45, 7) is 7.28. The lowest BCUT2D eigenvalue weighted by molar-refractivity contribution is -0.146. The SMILES string of the molecule is CC(OC(=O)CCCCCCC(=O)OC(C)S(=O)(=O)OC(C)(C)C)S(C)(=O)=O. The van der Waals surface area contributed by atoms with Crippen LogP contribution in [0.5, 0.6) is 0 Å². The Bertz CT molecular complexity index is 718. The minimum Gasteiger partial charge on any atom is -0.446 e. The maximum Gasteiger partial charge on any atom is 0.307 e. The molecule has 0 N–H and O–H groups in total. The second-order valence-corrected chi connectivity index (χ2v) is 11.7. The normalized spacial score (nSPS) is 14.9. The first-order valence-electron chi connectivity index (χ1n) is 9.07. The molecule has 9 nitrogen and oxygen atoms in total. The van der Waals surface area contributed by atoms with Crippen LogP contribution in [0.3, 0.4) is 0 Å². The van der Waals surface area contributed by atoms with Gasteiger partial charge < -0.3 is 9.47 Å². The molecule has 0 bridgehead atoms. The zero-order chi connectivity index (χ0) is 22.2. The highest BCUT2D eigenvalue weighted by Crippen LogP contribution is 2.17. The molecule has 0 aliphatic rings. The van der Waals surface area contributed by atoms with Gasteiger partial charge in [0.1, 0.15) is 0 Å². The number of hydrogen-bond donors (Lipinski definition) is 0. The van der Waals surface area contributed by atoms with Gasteiger partial charge in [-0.3, -0.25) is 13.8 Å². The number of ether oxygens (including phenoxy) is 2. The zero-order valence-corrected chi connectivity index (χ0v) is 19.0. The Morgan fingerprint density at radius 3 is 1.54 bits per heavy atom. The molecule has 166 valence electrons. The van der Waals surface area contributed by atoms with E-state index in [0.29, 0.717) is 25.7 Å². The van der Waals surface area contributed by atoms with E-state index in [9.17, 15) is 26.4 Å². The fourth-order valence-corrected chi connectivity index (χ4v) is 3.28. The molecular formula is C17H32O9S2. The van der Waals surface area contributed by atoms with Gasteiger partial charge in [0.15, 0.2) is 15.3 Å². The quantitative estimate of drug-likeness (QED) is 0.253. The Labute approximate surface area is 168 Å². The highest BCUT2D eigenvalue weighted by Gasteiger charge is 2.30. The van der Waals surface area contributed by atoms with Gasteiger partial charge in [-0.05, 0) is 47.5 Å². The Morgan fingerprint density at radius 2 is 1.18 bits per heavy atom. The molecule has 0 saturated heterocycles. The lowest BCUT2D eigenvalue weighted by Crippen LogP contribution is -2.32. The minimum atomic E-state index is -4.02. The van der Waals surface area contributed by atoms with Gasteiger partial charge in [-0.2, -0.15) is 8.42 Å². The summed E-state index contributed by atoms with van der Waals surface area (Å²) in [7, 11) is -7.44. The molecular weight excluding hydrogens is 412 g/mol. The topological polar surface area (TPSA) is 130 Å². The highest BCUT2D eigenvalue weighted by molar-refractivity contribution is 7.91. The summed E-state index contributed by atoms with van der Waals surface area (Å²) in [5.41, 5.74) is -3.49. The Hall–Kier alpha value is -1.20. The van der Waals surface area contributed by atoms with Gasteiger partial charge in [-0.1, -0.05) is 12.8 Å². The van der Waals surface area contributed by atoms with Gasteiger partial charge in [0.2, 0.25) is 5.44 Å². The molecule has 0 aliphatic heterocycles. The van der Waals surface area contributed by atoms with Gasteiger partial charge in [-0.15, -0.1) is 0 Å². The lowest BCUT2D eigenvalue weighted by atomic mass is 10.1. The molecule has 0 saturated carbocycles. The van der Waals surface area contributed by atoms with E-state index in [1.807, 2.05) is 0 Å². The Kier molecular flexibility index (Phi) is 10.6. The van der Waals surface area contributed by atoms with Crippen molar-refractivity contribution in [1.82, 2.24) is 0 Å². The van der Waals surface area contributed by atoms with Crippen LogP contribution in [0.25, 0.3) is 0 Å². The molecule has 28 heavy (non-hydrogen) atoms. The van der Waals surface area contributed by atoms with Crippen LogP contribution in [0, 0.1) is 0 Å². The maximum atomic E-state index is 11.9. The third-order valence-corrected chi connectivity index (χ3v) is 6.43. The summed E-state index contributed by atoms with van der Waals surface area (Å²) < 4.78 is 60.8. The number of unbranched alkanes of at least 4 members (excludes halogenated alkanes) is 3. The Balaban J connectivity index is 4.04. The van der Waals surface area contributed by atoms with Gasteiger partial charge in [-0.25, -0.2) is 8.42 Å². The van der Waals surface area contributed by atoms with E-state index >= 15 is 0 Å². The molecule has 0 fully saturated rings. The first kappa shape index (κ1) is 26.8. The molecule has 0 radical (unpaired) electrons. The van der Waals surface area contributed by atoms with Crippen molar-refractivity contribution in [2.24, 2.45) is 0 Å². The number of carbonyl (C=O) groups is 2. The van der Waals surface area contributed by atoms with Crippen molar-refractivity contribution >= 4 is 31.9 Å². The van der Waals surface area contributed by atoms with Crippen LogP contribution in [-0.2, 0) is 43.2 Å². The van der Waals surface area contributed by atoms with E-state index in [-0.39, 0.29) is 12.8 Å². The minimum absolute atomic E-state index is 0.0466. The molecule has 0 spiro atoms. The van der Waals surface area contributed by atoms with E-state index in [1.165, 1.54) is 13.8 Å². The molecule has 0 aromatic heterocycles. The summed E-state index contributed by atoms with van der Waals surface area (Å²) in [6, 6.07) is 0. The van der Waals surface area contributed by atoms with Crippen molar-refractivity contribution in [3.63, 3.8) is 0 Å². The second kappa shape index (κ2) is 11.1. The predicted octanol–water partition coefficient (Wildman–Crippen LogP) is 2.29. The highest BCUT2D eigenvalue weighted by atomic mass is 32.2. The number of esters is 2. The number of rotatable bonds is 12. The first-order chi connectivity index (χ1) is 12.5. The third kappa shape index (κ3) is 12.3. The van der Waals surface area contributed by atoms with Crippen LogP contribution in [0.1, 0.15) is 73.1 Å². The largest absolute Gasteiger partial charge is 0.446 e. The van der Waals surface area contributed by atoms with E-state index in [2.05, 4.69) is 0 Å². The molecule has 2 unspecified atom stereocenters. The second-order valence-electron chi connectivity index (χ2n) is 7.55. The third-order valence-electron chi connectivity index (χ3n) is 3.48. The van der Waals surface area contributed by atoms with Crippen molar-refractivity contribution in [3.05, 3.63) is 0 Å². The average molecular weight is 445 g/mol. The zero-order valence-electron chi connectivity index (χ0n) is 17.4. The molecule has 2 atom stereocenters. The molecule has 11 heteroatoms. The molecule has 0 aromatic carbocycles. The Morgan fingerprint density at radius 1 is 0.786 bits per heavy atom. The summed E-state index contributed by atoms with van der Waals surface area (Å²) in [4.78, 5) is 23.3.